The molecule has 0 bridgehead atoms. The predicted octanol–water partition coefficient (Wildman–Crippen LogP) is 4.36. The van der Waals surface area contributed by atoms with Crippen LogP contribution in [0.3, 0.4) is 0 Å². The quantitative estimate of drug-likeness (QED) is 0.289. The van der Waals surface area contributed by atoms with Gasteiger partial charge in [0, 0.05) is 6.08 Å². The van der Waals surface area contributed by atoms with E-state index in [0.717, 1.165) is 26.8 Å². The molecular weight excluding hydrogens is 378 g/mol. The van der Waals surface area contributed by atoms with Crippen LogP contribution < -0.4 is 5.32 Å². The molecule has 2 heterocycles. The molecule has 0 fully saturated rings. The summed E-state index contributed by atoms with van der Waals surface area (Å²) in [6.45, 7) is 0. The smallest absolute Gasteiger partial charge is 0.250 e. The highest BCUT2D eigenvalue weighted by molar-refractivity contribution is 8.00. The Bertz CT molecular complexity index is 1050. The van der Waals surface area contributed by atoms with Gasteiger partial charge in [0.05, 0.1) is 16.8 Å². The number of carbonyl (C=O) groups is 1. The number of aromatic amines is 1. The van der Waals surface area contributed by atoms with E-state index >= 15 is 0 Å². The summed E-state index contributed by atoms with van der Waals surface area (Å²) in [5.41, 5.74) is 2.93. The van der Waals surface area contributed by atoms with Gasteiger partial charge >= 0.3 is 0 Å². The number of hydrogen-bond donors (Lipinski definition) is 2. The van der Waals surface area contributed by atoms with Crippen molar-refractivity contribution in [1.82, 2.24) is 20.2 Å². The Morgan fingerprint density at radius 3 is 2.78 bits per heavy atom. The van der Waals surface area contributed by atoms with Gasteiger partial charge in [-0.1, -0.05) is 65.6 Å². The van der Waals surface area contributed by atoms with Crippen molar-refractivity contribution in [3.05, 3.63) is 72.1 Å². The van der Waals surface area contributed by atoms with Gasteiger partial charge in [-0.05, 0) is 23.8 Å². The monoisotopic (exact) mass is 393 g/mol. The number of thioether (sulfide) groups is 1. The molecule has 2 aromatic carbocycles. The number of nitrogens with zero attached hydrogens (tertiary/aromatic N) is 3. The molecule has 0 aliphatic heterocycles. The fourth-order valence-corrected chi connectivity index (χ4v) is 4.03. The van der Waals surface area contributed by atoms with E-state index in [9.17, 15) is 4.79 Å². The Morgan fingerprint density at radius 1 is 1.11 bits per heavy atom. The van der Waals surface area contributed by atoms with Gasteiger partial charge in [-0.15, -0.1) is 10.2 Å². The van der Waals surface area contributed by atoms with E-state index < -0.39 is 0 Å². The van der Waals surface area contributed by atoms with Gasteiger partial charge in [0.1, 0.15) is 5.82 Å². The number of amides is 1. The lowest BCUT2D eigenvalue weighted by Gasteiger charge is -1.95. The van der Waals surface area contributed by atoms with E-state index in [0.29, 0.717) is 10.9 Å². The van der Waals surface area contributed by atoms with Crippen molar-refractivity contribution < 1.29 is 4.79 Å². The topological polar surface area (TPSA) is 83.6 Å². The van der Waals surface area contributed by atoms with E-state index in [1.165, 1.54) is 29.2 Å². The highest BCUT2D eigenvalue weighted by Gasteiger charge is 2.09. The molecule has 6 nitrogen and oxygen atoms in total. The van der Waals surface area contributed by atoms with Gasteiger partial charge in [0.15, 0.2) is 4.34 Å². The van der Waals surface area contributed by atoms with Crippen molar-refractivity contribution >= 4 is 51.2 Å². The van der Waals surface area contributed by atoms with Crippen molar-refractivity contribution in [2.24, 2.45) is 0 Å². The molecular formula is C19H15N5OS2. The summed E-state index contributed by atoms with van der Waals surface area (Å²) < 4.78 is 0.776. The lowest BCUT2D eigenvalue weighted by molar-refractivity contribution is -0.111. The van der Waals surface area contributed by atoms with Crippen molar-refractivity contribution in [2.45, 2.75) is 10.1 Å². The zero-order chi connectivity index (χ0) is 18.5. The Balaban J connectivity index is 1.33. The van der Waals surface area contributed by atoms with Gasteiger partial charge in [-0.2, -0.15) is 0 Å². The molecule has 2 aromatic heterocycles. The summed E-state index contributed by atoms with van der Waals surface area (Å²) >= 11 is 2.87. The minimum atomic E-state index is -0.233. The molecule has 0 aliphatic rings. The first-order valence-electron chi connectivity index (χ1n) is 8.20. The second kappa shape index (κ2) is 8.15. The van der Waals surface area contributed by atoms with E-state index in [1.807, 2.05) is 54.6 Å². The second-order valence-corrected chi connectivity index (χ2v) is 7.80. The molecule has 2 N–H and O–H groups in total. The Hall–Kier alpha value is -2.97. The van der Waals surface area contributed by atoms with Crippen LogP contribution in [-0.4, -0.2) is 26.1 Å². The molecule has 134 valence electrons. The number of H-pyrrole nitrogens is 1. The molecule has 0 spiro atoms. The van der Waals surface area contributed by atoms with E-state index in [2.05, 4.69) is 25.5 Å². The zero-order valence-corrected chi connectivity index (χ0v) is 15.8. The van der Waals surface area contributed by atoms with Crippen LogP contribution in [0.5, 0.6) is 0 Å². The molecule has 27 heavy (non-hydrogen) atoms. The molecule has 0 atom stereocenters. The lowest BCUT2D eigenvalue weighted by atomic mass is 10.2. The number of anilines is 1. The average molecular weight is 393 g/mol. The van der Waals surface area contributed by atoms with Crippen LogP contribution in [0.15, 0.2) is 65.0 Å². The molecule has 0 radical (unpaired) electrons. The first-order chi connectivity index (χ1) is 13.3. The van der Waals surface area contributed by atoms with Crippen LogP contribution in [0, 0.1) is 0 Å². The highest BCUT2D eigenvalue weighted by Crippen LogP contribution is 2.28. The minimum absolute atomic E-state index is 0.233. The summed E-state index contributed by atoms with van der Waals surface area (Å²) in [6.07, 6.45) is 3.24. The van der Waals surface area contributed by atoms with Gasteiger partial charge in [0.2, 0.25) is 11.0 Å². The number of carbonyl (C=O) groups excluding carboxylic acids is 1. The highest BCUT2D eigenvalue weighted by atomic mass is 32.2. The standard InChI is InChI=1S/C19H15N5OS2/c25-17(11-10-13-6-2-1-3-7-13)22-18-23-24-19(27-18)26-12-16-20-14-8-4-5-9-15(14)21-16/h1-11H,12H2,(H,20,21)(H,22,23,25). The van der Waals surface area contributed by atoms with Gasteiger partial charge in [0.25, 0.3) is 0 Å². The molecule has 1 amide bonds. The van der Waals surface area contributed by atoms with Gasteiger partial charge in [-0.25, -0.2) is 4.98 Å². The molecule has 0 saturated carbocycles. The third kappa shape index (κ3) is 4.60. The molecule has 0 aliphatic carbocycles. The number of rotatable bonds is 6. The van der Waals surface area contributed by atoms with Gasteiger partial charge in [-0.3, -0.25) is 10.1 Å². The van der Waals surface area contributed by atoms with Crippen molar-refractivity contribution in [2.75, 3.05) is 5.32 Å². The number of aromatic nitrogens is 4. The van der Waals surface area contributed by atoms with Crippen LogP contribution >= 0.6 is 23.1 Å². The molecule has 0 unspecified atom stereocenters. The largest absolute Gasteiger partial charge is 0.341 e. The zero-order valence-electron chi connectivity index (χ0n) is 14.1. The fraction of sp³-hybridized carbons (Fsp3) is 0.0526. The maximum Gasteiger partial charge on any atom is 0.250 e. The van der Waals surface area contributed by atoms with Crippen molar-refractivity contribution in [1.29, 1.82) is 0 Å². The molecule has 4 rings (SSSR count). The molecule has 8 heteroatoms. The summed E-state index contributed by atoms with van der Waals surface area (Å²) in [5.74, 6) is 1.31. The average Bonchev–Trinajstić information content (AvgIpc) is 3.31. The first-order valence-corrected chi connectivity index (χ1v) is 10.0. The maximum absolute atomic E-state index is 12.0. The van der Waals surface area contributed by atoms with Crippen molar-refractivity contribution in [3.8, 4) is 0 Å². The van der Waals surface area contributed by atoms with E-state index in [4.69, 9.17) is 0 Å². The molecule has 4 aromatic rings. The van der Waals surface area contributed by atoms with Crippen LogP contribution in [-0.2, 0) is 10.5 Å². The second-order valence-electron chi connectivity index (χ2n) is 5.60. The van der Waals surface area contributed by atoms with Crippen LogP contribution in [0.4, 0.5) is 5.13 Å². The Labute approximate surface area is 163 Å². The third-order valence-corrected chi connectivity index (χ3v) is 5.62. The number of benzene rings is 2. The lowest BCUT2D eigenvalue weighted by Crippen LogP contribution is -2.07. The predicted molar refractivity (Wildman–Crippen MR) is 110 cm³/mol. The normalized spacial score (nSPS) is 11.3. The van der Waals surface area contributed by atoms with Crippen LogP contribution in [0.25, 0.3) is 17.1 Å². The first kappa shape index (κ1) is 17.4. The van der Waals surface area contributed by atoms with Crippen LogP contribution in [0.1, 0.15) is 11.4 Å². The number of nitrogens with one attached hydrogen (secondary N) is 2. The Morgan fingerprint density at radius 2 is 1.93 bits per heavy atom. The molecule has 0 saturated heterocycles. The number of fused-ring (bicyclic) bond motifs is 1. The van der Waals surface area contributed by atoms with Gasteiger partial charge < -0.3 is 4.98 Å². The third-order valence-electron chi connectivity index (χ3n) is 3.63. The van der Waals surface area contributed by atoms with E-state index in [1.54, 1.807) is 6.08 Å². The number of para-hydroxylation sites is 2. The number of hydrogen-bond acceptors (Lipinski definition) is 6. The van der Waals surface area contributed by atoms with E-state index in [-0.39, 0.29) is 5.91 Å². The van der Waals surface area contributed by atoms with Crippen LogP contribution in [0.2, 0.25) is 0 Å². The summed E-state index contributed by atoms with van der Waals surface area (Å²) in [7, 11) is 0. The summed E-state index contributed by atoms with van der Waals surface area (Å²) in [4.78, 5) is 19.8. The minimum Gasteiger partial charge on any atom is -0.341 e. The Kier molecular flexibility index (Phi) is 5.27. The van der Waals surface area contributed by atoms with Crippen molar-refractivity contribution in [3.63, 3.8) is 0 Å². The maximum atomic E-state index is 12.0. The summed E-state index contributed by atoms with van der Waals surface area (Å²) in [5, 5.41) is 11.3. The fourth-order valence-electron chi connectivity index (χ4n) is 2.41. The summed E-state index contributed by atoms with van der Waals surface area (Å²) in [6, 6.07) is 17.6. The SMILES string of the molecule is O=C(C=Cc1ccccc1)Nc1nnc(SCc2nc3ccccc3[nH]2)s1. The number of imidazole rings is 1.